The number of ether oxygens (including phenoxy) is 1. The van der Waals surface area contributed by atoms with Crippen LogP contribution >= 0.6 is 47.2 Å². The van der Waals surface area contributed by atoms with E-state index in [0.29, 0.717) is 23.2 Å². The molecule has 0 aliphatic carbocycles. The summed E-state index contributed by atoms with van der Waals surface area (Å²) in [5.41, 5.74) is 2.05. The van der Waals surface area contributed by atoms with Crippen molar-refractivity contribution in [2.75, 3.05) is 26.7 Å². The molecule has 3 rings (SSSR count). The summed E-state index contributed by atoms with van der Waals surface area (Å²) in [6.07, 6.45) is 3.82. The zero-order chi connectivity index (χ0) is 17.8. The number of benzene rings is 1. The van der Waals surface area contributed by atoms with Crippen LogP contribution in [0.1, 0.15) is 17.2 Å². The van der Waals surface area contributed by atoms with Crippen molar-refractivity contribution in [1.82, 2.24) is 20.0 Å². The minimum Gasteiger partial charge on any atom is -0.370 e. The molecule has 0 saturated carbocycles. The van der Waals surface area contributed by atoms with E-state index in [2.05, 4.69) is 20.3 Å². The van der Waals surface area contributed by atoms with E-state index in [1.807, 2.05) is 31.6 Å². The Labute approximate surface area is 180 Å². The smallest absolute Gasteiger partial charge is 0.194 e. The quantitative estimate of drug-likeness (QED) is 0.391. The van der Waals surface area contributed by atoms with E-state index in [9.17, 15) is 0 Å². The van der Waals surface area contributed by atoms with Crippen LogP contribution in [0.3, 0.4) is 0 Å². The van der Waals surface area contributed by atoms with Crippen LogP contribution in [0.25, 0.3) is 0 Å². The molecule has 1 aliphatic rings. The first-order valence-electron chi connectivity index (χ1n) is 8.06. The maximum absolute atomic E-state index is 6.24. The first-order chi connectivity index (χ1) is 12.1. The molecule has 0 amide bonds. The normalized spacial score (nSPS) is 17.8. The molecule has 1 unspecified atom stereocenters. The van der Waals surface area contributed by atoms with Crippen LogP contribution in [-0.4, -0.2) is 47.4 Å². The van der Waals surface area contributed by atoms with Crippen molar-refractivity contribution in [1.29, 1.82) is 0 Å². The Morgan fingerprint density at radius 2 is 2.23 bits per heavy atom. The summed E-state index contributed by atoms with van der Waals surface area (Å²) >= 11 is 12.2. The van der Waals surface area contributed by atoms with Crippen LogP contribution < -0.4 is 5.32 Å². The van der Waals surface area contributed by atoms with Crippen molar-refractivity contribution in [3.05, 3.63) is 51.8 Å². The lowest BCUT2D eigenvalue weighted by molar-refractivity contribution is -0.00805. The Morgan fingerprint density at radius 3 is 2.88 bits per heavy atom. The number of hydrogen-bond donors (Lipinski definition) is 1. The Kier molecular flexibility index (Phi) is 8.00. The van der Waals surface area contributed by atoms with Gasteiger partial charge in [-0.05, 0) is 17.7 Å². The maximum Gasteiger partial charge on any atom is 0.194 e. The molecule has 9 heteroatoms. The molecule has 6 nitrogen and oxygen atoms in total. The molecular formula is C17H22Cl2IN5O. The lowest BCUT2D eigenvalue weighted by atomic mass is 10.1. The van der Waals surface area contributed by atoms with Crippen LogP contribution in [-0.2, 0) is 18.3 Å². The zero-order valence-electron chi connectivity index (χ0n) is 14.7. The van der Waals surface area contributed by atoms with Gasteiger partial charge >= 0.3 is 0 Å². The van der Waals surface area contributed by atoms with Gasteiger partial charge in [-0.15, -0.1) is 24.0 Å². The third kappa shape index (κ3) is 5.25. The summed E-state index contributed by atoms with van der Waals surface area (Å²) in [6, 6.07) is 5.50. The summed E-state index contributed by atoms with van der Waals surface area (Å²) in [4.78, 5) is 6.58. The lowest BCUT2D eigenvalue weighted by Gasteiger charge is -2.34. The van der Waals surface area contributed by atoms with Crippen LogP contribution in [0.2, 0.25) is 10.0 Å². The minimum absolute atomic E-state index is 0. The number of halogens is 3. The van der Waals surface area contributed by atoms with Gasteiger partial charge in [-0.25, -0.2) is 0 Å². The molecule has 0 spiro atoms. The monoisotopic (exact) mass is 509 g/mol. The fourth-order valence-corrected chi connectivity index (χ4v) is 3.30. The zero-order valence-corrected chi connectivity index (χ0v) is 18.5. The highest BCUT2D eigenvalue weighted by atomic mass is 127. The van der Waals surface area contributed by atoms with E-state index in [4.69, 9.17) is 27.9 Å². The van der Waals surface area contributed by atoms with E-state index in [-0.39, 0.29) is 30.1 Å². The van der Waals surface area contributed by atoms with E-state index < -0.39 is 0 Å². The Morgan fingerprint density at radius 1 is 1.42 bits per heavy atom. The molecule has 0 radical (unpaired) electrons. The van der Waals surface area contributed by atoms with Gasteiger partial charge < -0.3 is 15.0 Å². The molecular weight excluding hydrogens is 488 g/mol. The third-order valence-electron chi connectivity index (χ3n) is 4.13. The van der Waals surface area contributed by atoms with Gasteiger partial charge in [-0.1, -0.05) is 29.3 Å². The number of morpholine rings is 1. The first kappa shape index (κ1) is 21.3. The van der Waals surface area contributed by atoms with Crippen molar-refractivity contribution < 1.29 is 4.74 Å². The summed E-state index contributed by atoms with van der Waals surface area (Å²) in [5, 5.41) is 8.86. The Hall–Kier alpha value is -1.03. The number of guanidine groups is 1. The number of aliphatic imine (C=N–C) groups is 1. The molecule has 1 atom stereocenters. The number of aryl methyl sites for hydroxylation is 1. The number of aromatic nitrogens is 2. The number of rotatable bonds is 3. The SMILES string of the molecule is CN=C(NCc1ccc(Cl)cc1Cl)N1CCOC(c2cnn(C)c2)C1.I. The highest BCUT2D eigenvalue weighted by Crippen LogP contribution is 2.23. The van der Waals surface area contributed by atoms with Crippen molar-refractivity contribution in [3.8, 4) is 0 Å². The van der Waals surface area contributed by atoms with Gasteiger partial charge in [-0.2, -0.15) is 5.10 Å². The Balaban J connectivity index is 0.00000243. The van der Waals surface area contributed by atoms with E-state index >= 15 is 0 Å². The Bertz CT molecular complexity index is 767. The topological polar surface area (TPSA) is 54.7 Å². The summed E-state index contributed by atoms with van der Waals surface area (Å²) < 4.78 is 7.67. The van der Waals surface area contributed by atoms with Gasteiger partial charge in [-0.3, -0.25) is 9.67 Å². The number of nitrogens with one attached hydrogen (secondary N) is 1. The highest BCUT2D eigenvalue weighted by molar-refractivity contribution is 14.0. The largest absolute Gasteiger partial charge is 0.370 e. The molecule has 1 fully saturated rings. The van der Waals surface area contributed by atoms with Gasteiger partial charge in [0, 0.05) is 49.0 Å². The summed E-state index contributed by atoms with van der Waals surface area (Å²) in [6.45, 7) is 2.73. The molecule has 2 aromatic rings. The second-order valence-corrected chi connectivity index (χ2v) is 6.73. The molecule has 1 aliphatic heterocycles. The molecule has 1 saturated heterocycles. The molecule has 1 aromatic carbocycles. The average molecular weight is 510 g/mol. The molecule has 2 heterocycles. The van der Waals surface area contributed by atoms with E-state index in [0.717, 1.165) is 30.2 Å². The fourth-order valence-electron chi connectivity index (χ4n) is 2.82. The van der Waals surface area contributed by atoms with Gasteiger partial charge in [0.25, 0.3) is 0 Å². The highest BCUT2D eigenvalue weighted by Gasteiger charge is 2.25. The van der Waals surface area contributed by atoms with Crippen molar-refractivity contribution in [2.24, 2.45) is 12.0 Å². The third-order valence-corrected chi connectivity index (χ3v) is 4.71. The van der Waals surface area contributed by atoms with Crippen molar-refractivity contribution >= 4 is 53.1 Å². The van der Waals surface area contributed by atoms with Crippen LogP contribution in [0.5, 0.6) is 0 Å². The van der Waals surface area contributed by atoms with E-state index in [1.54, 1.807) is 17.8 Å². The number of nitrogens with zero attached hydrogens (tertiary/aromatic N) is 4. The summed E-state index contributed by atoms with van der Waals surface area (Å²) in [7, 11) is 3.68. The van der Waals surface area contributed by atoms with Crippen LogP contribution in [0.4, 0.5) is 0 Å². The average Bonchev–Trinajstić information content (AvgIpc) is 3.04. The predicted octanol–water partition coefficient (Wildman–Crippen LogP) is 3.49. The molecule has 26 heavy (non-hydrogen) atoms. The fraction of sp³-hybridized carbons (Fsp3) is 0.412. The molecule has 142 valence electrons. The van der Waals surface area contributed by atoms with Crippen LogP contribution in [0.15, 0.2) is 35.6 Å². The maximum atomic E-state index is 6.24. The van der Waals surface area contributed by atoms with Crippen molar-refractivity contribution in [3.63, 3.8) is 0 Å². The van der Waals surface area contributed by atoms with Crippen LogP contribution in [0, 0.1) is 0 Å². The van der Waals surface area contributed by atoms with Crippen molar-refractivity contribution in [2.45, 2.75) is 12.6 Å². The molecule has 1 aromatic heterocycles. The van der Waals surface area contributed by atoms with Gasteiger partial charge in [0.05, 0.1) is 19.3 Å². The predicted molar refractivity (Wildman–Crippen MR) is 116 cm³/mol. The first-order valence-corrected chi connectivity index (χ1v) is 8.82. The minimum atomic E-state index is -0.0138. The van der Waals surface area contributed by atoms with Gasteiger partial charge in [0.15, 0.2) is 5.96 Å². The van der Waals surface area contributed by atoms with Gasteiger partial charge in [0.1, 0.15) is 6.10 Å². The molecule has 0 bridgehead atoms. The molecule has 1 N–H and O–H groups in total. The van der Waals surface area contributed by atoms with E-state index in [1.165, 1.54) is 0 Å². The lowest BCUT2D eigenvalue weighted by Crippen LogP contribution is -2.47. The summed E-state index contributed by atoms with van der Waals surface area (Å²) in [5.74, 6) is 0.822. The van der Waals surface area contributed by atoms with Gasteiger partial charge in [0.2, 0.25) is 0 Å². The number of hydrogen-bond acceptors (Lipinski definition) is 3. The second kappa shape index (κ2) is 9.77. The standard InChI is InChI=1S/C17H21Cl2N5O.HI/c1-20-17(21-8-12-3-4-14(18)7-15(12)19)24-5-6-25-16(11-24)13-9-22-23(2)10-13;/h3-4,7,9-10,16H,5-6,8,11H2,1-2H3,(H,20,21);1H. The second-order valence-electron chi connectivity index (χ2n) is 5.89.